The van der Waals surface area contributed by atoms with Gasteiger partial charge < -0.3 is 14.2 Å². The van der Waals surface area contributed by atoms with Gasteiger partial charge in [-0.05, 0) is 80.2 Å². The van der Waals surface area contributed by atoms with Crippen molar-refractivity contribution in [3.05, 3.63) is 53.6 Å². The summed E-state index contributed by atoms with van der Waals surface area (Å²) in [6, 6.07) is 4.22. The molecule has 244 valence electrons. The minimum atomic E-state index is -3.54. The normalized spacial score (nSPS) is 28.2. The molecule has 0 unspecified atom stereocenters. The molecule has 2 aliphatic carbocycles. The maximum Gasteiger partial charge on any atom is 0.400 e. The number of alkyl halides is 2. The smallest absolute Gasteiger partial charge is 0.400 e. The van der Waals surface area contributed by atoms with Crippen LogP contribution in [-0.4, -0.2) is 25.6 Å². The minimum Gasteiger partial charge on any atom is -0.432 e. The Kier molecular flexibility index (Phi) is 11.2. The fourth-order valence-corrected chi connectivity index (χ4v) is 7.36. The standard InChI is InChI=1S/C35H44F6O3/c1-2-3-4-5-6-22-7-9-23(10-8-22)26-20-42-34(43-21-26)24-11-13-27(14-12-24)35(40,41)44-28-15-16-29(30(36)19-28)25-17-31(37)33(39)32(38)18-25/h15-19,22-24,26-27,34H,2-14,20-21H2,1H3. The van der Waals surface area contributed by atoms with Gasteiger partial charge in [-0.15, -0.1) is 0 Å². The van der Waals surface area contributed by atoms with E-state index in [0.717, 1.165) is 24.1 Å². The van der Waals surface area contributed by atoms with E-state index in [2.05, 4.69) is 6.92 Å². The van der Waals surface area contributed by atoms with Crippen molar-refractivity contribution >= 4 is 0 Å². The third-order valence-corrected chi connectivity index (χ3v) is 10.1. The predicted octanol–water partition coefficient (Wildman–Crippen LogP) is 10.5. The van der Waals surface area contributed by atoms with Crippen LogP contribution in [0.15, 0.2) is 30.3 Å². The molecule has 2 aromatic rings. The third kappa shape index (κ3) is 8.11. The molecule has 0 N–H and O–H groups in total. The minimum absolute atomic E-state index is 0.0371. The van der Waals surface area contributed by atoms with Gasteiger partial charge in [-0.3, -0.25) is 0 Å². The van der Waals surface area contributed by atoms with Crippen LogP contribution in [0.3, 0.4) is 0 Å². The van der Waals surface area contributed by atoms with Crippen LogP contribution in [0.5, 0.6) is 5.75 Å². The van der Waals surface area contributed by atoms with Crippen LogP contribution in [0, 0.1) is 52.9 Å². The molecule has 1 aliphatic heterocycles. The lowest BCUT2D eigenvalue weighted by Gasteiger charge is -2.41. The zero-order valence-electron chi connectivity index (χ0n) is 25.4. The molecule has 5 rings (SSSR count). The van der Waals surface area contributed by atoms with Crippen LogP contribution in [-0.2, 0) is 9.47 Å². The number of hydrogen-bond acceptors (Lipinski definition) is 3. The number of rotatable bonds is 11. The van der Waals surface area contributed by atoms with Gasteiger partial charge in [0.1, 0.15) is 11.6 Å². The third-order valence-electron chi connectivity index (χ3n) is 10.1. The summed E-state index contributed by atoms with van der Waals surface area (Å²) in [5.74, 6) is -5.19. The Morgan fingerprint density at radius 1 is 0.727 bits per heavy atom. The highest BCUT2D eigenvalue weighted by Crippen LogP contribution is 2.44. The maximum atomic E-state index is 15.1. The average Bonchev–Trinajstić information content (AvgIpc) is 3.02. The van der Waals surface area contributed by atoms with Gasteiger partial charge >= 0.3 is 6.11 Å². The quantitative estimate of drug-likeness (QED) is 0.141. The fourth-order valence-electron chi connectivity index (χ4n) is 7.36. The van der Waals surface area contributed by atoms with Gasteiger partial charge in [0.05, 0.1) is 19.1 Å². The van der Waals surface area contributed by atoms with Gasteiger partial charge in [0.25, 0.3) is 0 Å². The average molecular weight is 627 g/mol. The summed E-state index contributed by atoms with van der Waals surface area (Å²) in [5.41, 5.74) is -0.520. The second-order valence-corrected chi connectivity index (χ2v) is 13.1. The highest BCUT2D eigenvalue weighted by molar-refractivity contribution is 5.65. The molecule has 3 fully saturated rings. The van der Waals surface area contributed by atoms with Crippen LogP contribution in [0.2, 0.25) is 0 Å². The number of benzene rings is 2. The molecule has 1 saturated heterocycles. The van der Waals surface area contributed by atoms with Crippen LogP contribution in [0.25, 0.3) is 11.1 Å². The van der Waals surface area contributed by atoms with Crippen molar-refractivity contribution in [3.63, 3.8) is 0 Å². The van der Waals surface area contributed by atoms with Crippen molar-refractivity contribution in [2.75, 3.05) is 13.2 Å². The second kappa shape index (κ2) is 14.9. The fraction of sp³-hybridized carbons (Fsp3) is 0.657. The van der Waals surface area contributed by atoms with Gasteiger partial charge in [0.15, 0.2) is 23.7 Å². The predicted molar refractivity (Wildman–Crippen MR) is 156 cm³/mol. The molecule has 0 amide bonds. The Morgan fingerprint density at radius 3 is 1.98 bits per heavy atom. The van der Waals surface area contributed by atoms with Gasteiger partial charge in [-0.25, -0.2) is 17.6 Å². The molecule has 0 bridgehead atoms. The monoisotopic (exact) mass is 626 g/mol. The number of ether oxygens (including phenoxy) is 3. The molecule has 0 spiro atoms. The van der Waals surface area contributed by atoms with E-state index in [1.807, 2.05) is 0 Å². The highest BCUT2D eigenvalue weighted by Gasteiger charge is 2.46. The molecule has 3 aliphatic rings. The van der Waals surface area contributed by atoms with Crippen LogP contribution < -0.4 is 4.74 Å². The van der Waals surface area contributed by atoms with E-state index in [9.17, 15) is 17.6 Å². The van der Waals surface area contributed by atoms with Crippen molar-refractivity contribution in [3.8, 4) is 16.9 Å². The first-order valence-electron chi connectivity index (χ1n) is 16.4. The van der Waals surface area contributed by atoms with E-state index in [-0.39, 0.29) is 36.2 Å². The van der Waals surface area contributed by atoms with Crippen molar-refractivity contribution in [1.29, 1.82) is 0 Å². The highest BCUT2D eigenvalue weighted by atomic mass is 19.3. The molecule has 2 saturated carbocycles. The molecule has 0 radical (unpaired) electrons. The Hall–Kier alpha value is -2.26. The van der Waals surface area contributed by atoms with Crippen LogP contribution >= 0.6 is 0 Å². The van der Waals surface area contributed by atoms with Gasteiger partial charge in [0, 0.05) is 23.5 Å². The Bertz CT molecular complexity index is 1190. The molecule has 0 aromatic heterocycles. The van der Waals surface area contributed by atoms with E-state index in [1.54, 1.807) is 0 Å². The van der Waals surface area contributed by atoms with E-state index < -0.39 is 41.0 Å². The Morgan fingerprint density at radius 2 is 1.36 bits per heavy atom. The van der Waals surface area contributed by atoms with Gasteiger partial charge in [-0.2, -0.15) is 8.78 Å². The molecule has 1 heterocycles. The van der Waals surface area contributed by atoms with Crippen LogP contribution in [0.1, 0.15) is 90.4 Å². The van der Waals surface area contributed by atoms with Gasteiger partial charge in [0.2, 0.25) is 0 Å². The first kappa shape index (κ1) is 33.1. The summed E-state index contributed by atoms with van der Waals surface area (Å²) in [6.45, 7) is 3.57. The summed E-state index contributed by atoms with van der Waals surface area (Å²) in [7, 11) is 0. The molecule has 0 atom stereocenters. The molecule has 9 heteroatoms. The summed E-state index contributed by atoms with van der Waals surface area (Å²) < 4.78 is 103. The van der Waals surface area contributed by atoms with Crippen molar-refractivity contribution in [2.45, 2.75) is 103 Å². The summed E-state index contributed by atoms with van der Waals surface area (Å²) >= 11 is 0. The lowest BCUT2D eigenvalue weighted by atomic mass is 9.74. The van der Waals surface area contributed by atoms with E-state index in [4.69, 9.17) is 14.2 Å². The summed E-state index contributed by atoms with van der Waals surface area (Å²) in [6.07, 6.45) is 9.22. The topological polar surface area (TPSA) is 27.7 Å². The second-order valence-electron chi connectivity index (χ2n) is 13.1. The largest absolute Gasteiger partial charge is 0.432 e. The first-order chi connectivity index (χ1) is 21.1. The maximum absolute atomic E-state index is 15.1. The molecular weight excluding hydrogens is 582 g/mol. The van der Waals surface area contributed by atoms with Gasteiger partial charge in [-0.1, -0.05) is 51.9 Å². The van der Waals surface area contributed by atoms with E-state index in [0.29, 0.717) is 50.0 Å². The molecule has 3 nitrogen and oxygen atoms in total. The van der Waals surface area contributed by atoms with Crippen molar-refractivity contribution in [1.82, 2.24) is 0 Å². The number of halogens is 6. The summed E-state index contributed by atoms with van der Waals surface area (Å²) in [5, 5.41) is 0. The van der Waals surface area contributed by atoms with Crippen molar-refractivity contribution in [2.24, 2.45) is 29.6 Å². The first-order valence-corrected chi connectivity index (χ1v) is 16.4. The summed E-state index contributed by atoms with van der Waals surface area (Å²) in [4.78, 5) is 0. The molecular formula is C35H44F6O3. The SMILES string of the molecule is CCCCCCC1CCC(C2COC(C3CCC(C(F)(F)Oc4ccc(-c5cc(F)c(F)c(F)c5)c(F)c4)CC3)OC2)CC1. The Balaban J connectivity index is 1.06. The lowest BCUT2D eigenvalue weighted by Crippen LogP contribution is -2.43. The zero-order chi connectivity index (χ0) is 31.3. The zero-order valence-corrected chi connectivity index (χ0v) is 25.4. The van der Waals surface area contributed by atoms with Crippen molar-refractivity contribution < 1.29 is 40.6 Å². The van der Waals surface area contributed by atoms with E-state index in [1.165, 1.54) is 57.8 Å². The van der Waals surface area contributed by atoms with Crippen LogP contribution in [0.4, 0.5) is 26.3 Å². The number of hydrogen-bond donors (Lipinski definition) is 0. The Labute approximate surface area is 256 Å². The van der Waals surface area contributed by atoms with E-state index >= 15 is 8.78 Å². The number of unbranched alkanes of at least 4 members (excludes halogenated alkanes) is 3. The lowest BCUT2D eigenvalue weighted by molar-refractivity contribution is -0.251. The molecule has 44 heavy (non-hydrogen) atoms. The molecule has 2 aromatic carbocycles.